The summed E-state index contributed by atoms with van der Waals surface area (Å²) in [5.74, 6) is 2.61. The number of aliphatic imine (C=N–C) groups is 1. The predicted molar refractivity (Wildman–Crippen MR) is 114 cm³/mol. The van der Waals surface area contributed by atoms with Crippen molar-refractivity contribution in [2.24, 2.45) is 10.9 Å². The molecule has 1 saturated heterocycles. The van der Waals surface area contributed by atoms with Gasteiger partial charge in [-0.15, -0.1) is 11.8 Å². The van der Waals surface area contributed by atoms with Crippen LogP contribution in [0.5, 0.6) is 0 Å². The number of nitrogens with zero attached hydrogens (tertiary/aromatic N) is 2. The topological polar surface area (TPSA) is 36.9 Å². The van der Waals surface area contributed by atoms with E-state index < -0.39 is 0 Å². The lowest BCUT2D eigenvalue weighted by molar-refractivity contribution is 0.0907. The van der Waals surface area contributed by atoms with E-state index in [0.29, 0.717) is 12.5 Å². The second-order valence-corrected chi connectivity index (χ2v) is 7.91. The number of rotatable bonds is 8. The third kappa shape index (κ3) is 6.60. The van der Waals surface area contributed by atoms with E-state index in [-0.39, 0.29) is 0 Å². The first-order chi connectivity index (χ1) is 13.3. The normalized spacial score (nSPS) is 17.3. The van der Waals surface area contributed by atoms with Crippen LogP contribution < -0.4 is 5.32 Å². The Labute approximate surface area is 167 Å². The highest BCUT2D eigenvalue weighted by Crippen LogP contribution is 2.18. The van der Waals surface area contributed by atoms with Gasteiger partial charge in [-0.25, -0.2) is 0 Å². The van der Waals surface area contributed by atoms with E-state index in [9.17, 15) is 0 Å². The molecule has 1 N–H and O–H groups in total. The Morgan fingerprint density at radius 3 is 2.63 bits per heavy atom. The highest BCUT2D eigenvalue weighted by Gasteiger charge is 2.24. The molecule has 5 heteroatoms. The molecule has 2 aromatic rings. The molecule has 2 aromatic carbocycles. The molecular formula is C22H29N3OS. The van der Waals surface area contributed by atoms with Gasteiger partial charge >= 0.3 is 0 Å². The largest absolute Gasteiger partial charge is 0.376 e. The van der Waals surface area contributed by atoms with Crippen molar-refractivity contribution in [1.82, 2.24) is 10.2 Å². The molecule has 27 heavy (non-hydrogen) atoms. The van der Waals surface area contributed by atoms with Crippen LogP contribution in [-0.2, 0) is 11.3 Å². The zero-order chi connectivity index (χ0) is 18.7. The predicted octanol–water partition coefficient (Wildman–Crippen LogP) is 3.89. The van der Waals surface area contributed by atoms with Crippen LogP contribution >= 0.6 is 11.8 Å². The van der Waals surface area contributed by atoms with Crippen molar-refractivity contribution in [2.75, 3.05) is 39.0 Å². The summed E-state index contributed by atoms with van der Waals surface area (Å²) < 4.78 is 5.92. The number of benzene rings is 2. The van der Waals surface area contributed by atoms with Gasteiger partial charge in [0.2, 0.25) is 0 Å². The Kier molecular flexibility index (Phi) is 8.05. The first-order valence-corrected chi connectivity index (χ1v) is 10.6. The molecular weight excluding hydrogens is 354 g/mol. The van der Waals surface area contributed by atoms with Crippen LogP contribution in [-0.4, -0.2) is 49.9 Å². The van der Waals surface area contributed by atoms with Crippen LogP contribution in [0, 0.1) is 5.92 Å². The fourth-order valence-corrected chi connectivity index (χ4v) is 4.05. The third-order valence-corrected chi connectivity index (χ3v) is 5.67. The highest BCUT2D eigenvalue weighted by atomic mass is 32.2. The fraction of sp³-hybridized carbons (Fsp3) is 0.409. The molecule has 1 unspecified atom stereocenters. The van der Waals surface area contributed by atoms with Crippen molar-refractivity contribution >= 4 is 17.7 Å². The molecule has 0 spiro atoms. The van der Waals surface area contributed by atoms with Gasteiger partial charge in [-0.2, -0.15) is 0 Å². The van der Waals surface area contributed by atoms with E-state index in [1.54, 1.807) is 0 Å². The second kappa shape index (κ2) is 11.0. The average molecular weight is 384 g/mol. The number of ether oxygens (including phenoxy) is 1. The Bertz CT molecular complexity index is 693. The first kappa shape index (κ1) is 19.8. The molecule has 1 heterocycles. The van der Waals surface area contributed by atoms with Crippen LogP contribution in [0.2, 0.25) is 0 Å². The van der Waals surface area contributed by atoms with Gasteiger partial charge < -0.3 is 15.0 Å². The smallest absolute Gasteiger partial charge is 0.193 e. The molecule has 0 radical (unpaired) electrons. The number of hydrogen-bond acceptors (Lipinski definition) is 3. The summed E-state index contributed by atoms with van der Waals surface area (Å²) in [6.45, 7) is 4.48. The fourth-order valence-electron chi connectivity index (χ4n) is 3.26. The molecule has 0 aromatic heterocycles. The molecule has 0 bridgehead atoms. The van der Waals surface area contributed by atoms with Gasteiger partial charge in [0.1, 0.15) is 0 Å². The average Bonchev–Trinajstić information content (AvgIpc) is 3.18. The van der Waals surface area contributed by atoms with Crippen molar-refractivity contribution in [3.8, 4) is 0 Å². The van der Waals surface area contributed by atoms with Gasteiger partial charge in [-0.05, 0) is 24.1 Å². The number of thioether (sulfide) groups is 1. The SMILES string of the molecule is CN=C(NCCSc1ccccc1)N1CCC(COCc2ccccc2)C1. The summed E-state index contributed by atoms with van der Waals surface area (Å²) in [5.41, 5.74) is 1.24. The minimum Gasteiger partial charge on any atom is -0.376 e. The molecule has 0 aliphatic carbocycles. The summed E-state index contributed by atoms with van der Waals surface area (Å²) >= 11 is 1.87. The Morgan fingerprint density at radius 2 is 1.89 bits per heavy atom. The molecule has 0 amide bonds. The number of likely N-dealkylation sites (tertiary alicyclic amines) is 1. The van der Waals surface area contributed by atoms with Crippen molar-refractivity contribution < 1.29 is 4.74 Å². The van der Waals surface area contributed by atoms with Gasteiger partial charge in [0.25, 0.3) is 0 Å². The number of guanidine groups is 1. The van der Waals surface area contributed by atoms with Crippen molar-refractivity contribution in [2.45, 2.75) is 17.9 Å². The summed E-state index contributed by atoms with van der Waals surface area (Å²) in [4.78, 5) is 8.12. The molecule has 4 nitrogen and oxygen atoms in total. The van der Waals surface area contributed by atoms with Gasteiger partial charge in [0.15, 0.2) is 5.96 Å². The maximum absolute atomic E-state index is 5.92. The van der Waals surface area contributed by atoms with Crippen molar-refractivity contribution in [1.29, 1.82) is 0 Å². The molecule has 144 valence electrons. The van der Waals surface area contributed by atoms with Crippen LogP contribution in [0.4, 0.5) is 0 Å². The molecule has 1 atom stereocenters. The zero-order valence-electron chi connectivity index (χ0n) is 16.0. The van der Waals surface area contributed by atoms with E-state index in [0.717, 1.165) is 44.4 Å². The molecule has 0 saturated carbocycles. The lowest BCUT2D eigenvalue weighted by Crippen LogP contribution is -2.41. The van der Waals surface area contributed by atoms with Gasteiger partial charge in [0.05, 0.1) is 13.2 Å². The Hall–Kier alpha value is -1.98. The lowest BCUT2D eigenvalue weighted by Gasteiger charge is -2.21. The summed E-state index contributed by atoms with van der Waals surface area (Å²) in [7, 11) is 1.87. The van der Waals surface area contributed by atoms with Gasteiger partial charge in [-0.3, -0.25) is 4.99 Å². The molecule has 3 rings (SSSR count). The maximum Gasteiger partial charge on any atom is 0.193 e. The quantitative estimate of drug-likeness (QED) is 0.325. The zero-order valence-corrected chi connectivity index (χ0v) is 16.8. The molecule has 1 fully saturated rings. The second-order valence-electron chi connectivity index (χ2n) is 6.74. The van der Waals surface area contributed by atoms with Crippen molar-refractivity contribution in [3.05, 3.63) is 66.2 Å². The Morgan fingerprint density at radius 1 is 1.15 bits per heavy atom. The van der Waals surface area contributed by atoms with Crippen LogP contribution in [0.25, 0.3) is 0 Å². The van der Waals surface area contributed by atoms with Crippen LogP contribution in [0.15, 0.2) is 70.6 Å². The monoisotopic (exact) mass is 383 g/mol. The van der Waals surface area contributed by atoms with Gasteiger partial charge in [-0.1, -0.05) is 48.5 Å². The number of hydrogen-bond donors (Lipinski definition) is 1. The van der Waals surface area contributed by atoms with E-state index >= 15 is 0 Å². The van der Waals surface area contributed by atoms with Crippen LogP contribution in [0.3, 0.4) is 0 Å². The number of nitrogens with one attached hydrogen (secondary N) is 1. The summed E-state index contributed by atoms with van der Waals surface area (Å²) in [6.07, 6.45) is 1.16. The maximum atomic E-state index is 5.92. The van der Waals surface area contributed by atoms with E-state index in [1.807, 2.05) is 24.9 Å². The summed E-state index contributed by atoms with van der Waals surface area (Å²) in [6, 6.07) is 20.9. The standard InChI is InChI=1S/C22H29N3OS/c1-23-22(24-13-15-27-21-10-6-3-7-11-21)25-14-12-20(16-25)18-26-17-19-8-4-2-5-9-19/h2-11,20H,12-18H2,1H3,(H,23,24). The minimum absolute atomic E-state index is 0.575. The lowest BCUT2D eigenvalue weighted by atomic mass is 10.1. The van der Waals surface area contributed by atoms with Crippen molar-refractivity contribution in [3.63, 3.8) is 0 Å². The van der Waals surface area contributed by atoms with E-state index in [2.05, 4.69) is 69.8 Å². The minimum atomic E-state index is 0.575. The highest BCUT2D eigenvalue weighted by molar-refractivity contribution is 7.99. The third-order valence-electron chi connectivity index (χ3n) is 4.66. The Balaban J connectivity index is 1.33. The van der Waals surface area contributed by atoms with Gasteiger partial charge in [0, 0.05) is 43.2 Å². The molecule has 1 aliphatic rings. The van der Waals surface area contributed by atoms with Crippen LogP contribution in [0.1, 0.15) is 12.0 Å². The summed E-state index contributed by atoms with van der Waals surface area (Å²) in [5, 5.41) is 3.50. The first-order valence-electron chi connectivity index (χ1n) is 9.60. The van der Waals surface area contributed by atoms with E-state index in [4.69, 9.17) is 4.74 Å². The molecule has 1 aliphatic heterocycles. The van der Waals surface area contributed by atoms with E-state index in [1.165, 1.54) is 10.5 Å².